The second-order valence-corrected chi connectivity index (χ2v) is 9.59. The van der Waals surface area contributed by atoms with Gasteiger partial charge in [0.05, 0.1) is 15.8 Å². The van der Waals surface area contributed by atoms with Gasteiger partial charge in [-0.15, -0.1) is 11.3 Å². The van der Waals surface area contributed by atoms with Gasteiger partial charge in [-0.05, 0) is 38.1 Å². The topological polar surface area (TPSA) is 58.4 Å². The first kappa shape index (κ1) is 21.0. The number of aryl methyl sites for hydroxylation is 1. The summed E-state index contributed by atoms with van der Waals surface area (Å²) in [7, 11) is 0. The number of nitrogens with zero attached hydrogens (tertiary/aromatic N) is 4. The van der Waals surface area contributed by atoms with Crippen molar-refractivity contribution in [3.05, 3.63) is 69.6 Å². The fourth-order valence-corrected chi connectivity index (χ4v) is 5.69. The Balaban J connectivity index is 1.40. The predicted octanol–water partition coefficient (Wildman–Crippen LogP) is 4.48. The zero-order valence-corrected chi connectivity index (χ0v) is 19.5. The van der Waals surface area contributed by atoms with E-state index in [0.717, 1.165) is 26.2 Å². The molecule has 0 radical (unpaired) electrons. The van der Waals surface area contributed by atoms with Crippen LogP contribution in [0.4, 0.5) is 5.69 Å². The van der Waals surface area contributed by atoms with Crippen molar-refractivity contribution in [2.45, 2.75) is 19.9 Å². The first-order valence-corrected chi connectivity index (χ1v) is 11.8. The number of benzene rings is 2. The molecule has 8 heteroatoms. The molecular weight excluding hydrogens is 444 g/mol. The van der Waals surface area contributed by atoms with E-state index in [1.165, 1.54) is 4.68 Å². The average molecular weight is 467 g/mol. The van der Waals surface area contributed by atoms with Crippen LogP contribution >= 0.6 is 22.9 Å². The molecule has 2 aromatic heterocycles. The van der Waals surface area contributed by atoms with Crippen molar-refractivity contribution in [2.75, 3.05) is 31.1 Å². The van der Waals surface area contributed by atoms with Crippen LogP contribution in [-0.2, 0) is 4.79 Å². The normalized spacial score (nSPS) is 15.5. The van der Waals surface area contributed by atoms with Crippen LogP contribution in [0.25, 0.3) is 20.2 Å². The first-order valence-electron chi connectivity index (χ1n) is 10.6. The summed E-state index contributed by atoms with van der Waals surface area (Å²) in [5, 5.41) is 6.81. The minimum Gasteiger partial charge on any atom is -0.368 e. The van der Waals surface area contributed by atoms with Crippen molar-refractivity contribution in [1.29, 1.82) is 0 Å². The van der Waals surface area contributed by atoms with E-state index in [2.05, 4.69) is 10.00 Å². The third-order valence-electron chi connectivity index (χ3n) is 6.09. The predicted molar refractivity (Wildman–Crippen MR) is 131 cm³/mol. The molecule has 2 aromatic carbocycles. The lowest BCUT2D eigenvalue weighted by Crippen LogP contribution is -2.51. The van der Waals surface area contributed by atoms with Gasteiger partial charge in [0, 0.05) is 47.0 Å². The van der Waals surface area contributed by atoms with Gasteiger partial charge in [0.15, 0.2) is 0 Å². The van der Waals surface area contributed by atoms with Crippen LogP contribution in [0.2, 0.25) is 5.02 Å². The largest absolute Gasteiger partial charge is 0.368 e. The molecule has 1 aliphatic rings. The summed E-state index contributed by atoms with van der Waals surface area (Å²) in [6, 6.07) is 15.0. The number of fused-ring (bicyclic) bond motifs is 3. The molecule has 1 aliphatic heterocycles. The number of hydrogen-bond acceptors (Lipinski definition) is 5. The van der Waals surface area contributed by atoms with E-state index < -0.39 is 6.04 Å². The summed E-state index contributed by atoms with van der Waals surface area (Å²) in [6.07, 6.45) is 0. The standard InChI is InChI=1S/C24H23ClN4O2S/c1-15-22-21(19-8-3-4-9-20(19)32-22)24(31)29(26-15)16(2)23(30)28-12-10-27(11-13-28)18-7-5-6-17(25)14-18/h3-9,14,16H,10-13H2,1-2H3/t16-/m0/s1. The number of piperazine rings is 1. The quantitative estimate of drug-likeness (QED) is 0.446. The Morgan fingerprint density at radius 2 is 1.84 bits per heavy atom. The molecular formula is C24H23ClN4O2S. The molecule has 6 nitrogen and oxygen atoms in total. The van der Waals surface area contributed by atoms with Crippen molar-refractivity contribution >= 4 is 54.7 Å². The molecule has 4 aromatic rings. The lowest BCUT2D eigenvalue weighted by Gasteiger charge is -2.37. The number of rotatable bonds is 3. The molecule has 0 aliphatic carbocycles. The van der Waals surface area contributed by atoms with Gasteiger partial charge in [-0.3, -0.25) is 9.59 Å². The van der Waals surface area contributed by atoms with E-state index in [1.54, 1.807) is 18.3 Å². The minimum absolute atomic E-state index is 0.0800. The van der Waals surface area contributed by atoms with Crippen LogP contribution in [-0.4, -0.2) is 46.8 Å². The number of amides is 1. The summed E-state index contributed by atoms with van der Waals surface area (Å²) < 4.78 is 3.31. The maximum atomic E-state index is 13.4. The van der Waals surface area contributed by atoms with Gasteiger partial charge in [0.1, 0.15) is 6.04 Å². The third kappa shape index (κ3) is 3.55. The molecule has 1 fully saturated rings. The molecule has 5 rings (SSSR count). The van der Waals surface area contributed by atoms with Crippen molar-refractivity contribution in [1.82, 2.24) is 14.7 Å². The number of hydrogen-bond donors (Lipinski definition) is 0. The third-order valence-corrected chi connectivity index (χ3v) is 7.61. The average Bonchev–Trinajstić information content (AvgIpc) is 3.21. The van der Waals surface area contributed by atoms with Gasteiger partial charge in [-0.25, -0.2) is 4.68 Å². The van der Waals surface area contributed by atoms with Crippen LogP contribution in [0.3, 0.4) is 0 Å². The molecule has 0 N–H and O–H groups in total. The highest BCUT2D eigenvalue weighted by Crippen LogP contribution is 2.33. The second-order valence-electron chi connectivity index (χ2n) is 8.11. The smallest absolute Gasteiger partial charge is 0.276 e. The van der Waals surface area contributed by atoms with Crippen LogP contribution in [0.1, 0.15) is 18.7 Å². The molecule has 1 saturated heterocycles. The lowest BCUT2D eigenvalue weighted by atomic mass is 10.1. The number of carbonyl (C=O) groups is 1. The summed E-state index contributed by atoms with van der Waals surface area (Å²) in [6.45, 7) is 6.28. The van der Waals surface area contributed by atoms with E-state index >= 15 is 0 Å². The zero-order chi connectivity index (χ0) is 22.4. The van der Waals surface area contributed by atoms with Crippen LogP contribution in [0.5, 0.6) is 0 Å². The van der Waals surface area contributed by atoms with Gasteiger partial charge in [0.2, 0.25) is 5.91 Å². The lowest BCUT2D eigenvalue weighted by molar-refractivity contribution is -0.135. The SMILES string of the molecule is Cc1nn([C@@H](C)C(=O)N2CCN(c3cccc(Cl)c3)CC2)c(=O)c2c1sc1ccccc12. The highest BCUT2D eigenvalue weighted by atomic mass is 35.5. The number of thiophene rings is 1. The van der Waals surface area contributed by atoms with Gasteiger partial charge in [-0.2, -0.15) is 5.10 Å². The Bertz CT molecular complexity index is 1390. The molecule has 0 saturated carbocycles. The van der Waals surface area contributed by atoms with Gasteiger partial charge in [-0.1, -0.05) is 35.9 Å². The Morgan fingerprint density at radius 3 is 2.59 bits per heavy atom. The Kier molecular flexibility index (Phi) is 5.39. The van der Waals surface area contributed by atoms with Gasteiger partial charge >= 0.3 is 0 Å². The fraction of sp³-hybridized carbons (Fsp3) is 0.292. The van der Waals surface area contributed by atoms with E-state index in [1.807, 2.05) is 60.4 Å². The summed E-state index contributed by atoms with van der Waals surface area (Å²) >= 11 is 7.69. The second kappa shape index (κ2) is 8.22. The first-order chi connectivity index (χ1) is 15.4. The highest BCUT2D eigenvalue weighted by Gasteiger charge is 2.28. The highest BCUT2D eigenvalue weighted by molar-refractivity contribution is 7.26. The number of anilines is 1. The van der Waals surface area contributed by atoms with E-state index in [-0.39, 0.29) is 11.5 Å². The molecule has 0 spiro atoms. The van der Waals surface area contributed by atoms with E-state index in [4.69, 9.17) is 11.6 Å². The molecule has 32 heavy (non-hydrogen) atoms. The molecule has 3 heterocycles. The van der Waals surface area contributed by atoms with Crippen molar-refractivity contribution in [3.63, 3.8) is 0 Å². The molecule has 1 amide bonds. The maximum Gasteiger partial charge on any atom is 0.276 e. The Morgan fingerprint density at radius 1 is 1.09 bits per heavy atom. The molecule has 164 valence electrons. The zero-order valence-electron chi connectivity index (χ0n) is 17.9. The van der Waals surface area contributed by atoms with Crippen LogP contribution in [0, 0.1) is 6.92 Å². The van der Waals surface area contributed by atoms with Crippen molar-refractivity contribution in [3.8, 4) is 0 Å². The van der Waals surface area contributed by atoms with Crippen LogP contribution < -0.4 is 10.5 Å². The number of halogens is 1. The monoisotopic (exact) mass is 466 g/mol. The Labute approximate surface area is 194 Å². The molecule has 1 atom stereocenters. The van der Waals surface area contributed by atoms with Gasteiger partial charge < -0.3 is 9.80 Å². The molecule has 0 unspecified atom stereocenters. The van der Waals surface area contributed by atoms with Crippen LogP contribution in [0.15, 0.2) is 53.3 Å². The molecule has 0 bridgehead atoms. The van der Waals surface area contributed by atoms with E-state index in [9.17, 15) is 9.59 Å². The van der Waals surface area contributed by atoms with E-state index in [0.29, 0.717) is 36.6 Å². The van der Waals surface area contributed by atoms with Gasteiger partial charge in [0.25, 0.3) is 5.56 Å². The summed E-state index contributed by atoms with van der Waals surface area (Å²) in [5.74, 6) is -0.0800. The minimum atomic E-state index is -0.665. The maximum absolute atomic E-state index is 13.4. The van der Waals surface area contributed by atoms with Crippen molar-refractivity contribution < 1.29 is 4.79 Å². The number of carbonyl (C=O) groups excluding carboxylic acids is 1. The van der Waals surface area contributed by atoms with Crippen molar-refractivity contribution in [2.24, 2.45) is 0 Å². The summed E-state index contributed by atoms with van der Waals surface area (Å²) in [4.78, 5) is 30.7. The summed E-state index contributed by atoms with van der Waals surface area (Å²) in [5.41, 5.74) is 1.62. The fourth-order valence-electron chi connectivity index (χ4n) is 4.37. The Hall–Kier alpha value is -2.90. The number of aromatic nitrogens is 2.